The molecule has 1 aliphatic rings. The van der Waals surface area contributed by atoms with Crippen molar-refractivity contribution < 1.29 is 0 Å². The number of hydrogen-bond acceptors (Lipinski definition) is 4. The van der Waals surface area contributed by atoms with E-state index in [-0.39, 0.29) is 0 Å². The first-order valence-corrected chi connectivity index (χ1v) is 7.50. The minimum atomic E-state index is 0.793. The molecule has 0 bridgehead atoms. The molecule has 1 heterocycles. The van der Waals surface area contributed by atoms with Crippen molar-refractivity contribution in [3.8, 4) is 0 Å². The molecule has 2 unspecified atom stereocenters. The fraction of sp³-hybridized carbons (Fsp3) is 0.733. The van der Waals surface area contributed by atoms with Crippen LogP contribution in [0.25, 0.3) is 0 Å². The second-order valence-corrected chi connectivity index (χ2v) is 5.67. The molecular formula is C15H26N4. The Morgan fingerprint density at radius 3 is 2.74 bits per heavy atom. The van der Waals surface area contributed by atoms with Crippen LogP contribution in [0.5, 0.6) is 0 Å². The van der Waals surface area contributed by atoms with Crippen molar-refractivity contribution in [2.45, 2.75) is 46.0 Å². The number of nitrogens with zero attached hydrogens (tertiary/aromatic N) is 2. The highest BCUT2D eigenvalue weighted by molar-refractivity contribution is 5.57. The topological polar surface area (TPSA) is 49.8 Å². The lowest BCUT2D eigenvalue weighted by atomic mass is 9.82. The molecular weight excluding hydrogens is 236 g/mol. The number of nitrogens with one attached hydrogen (secondary N) is 2. The van der Waals surface area contributed by atoms with E-state index in [1.165, 1.54) is 31.2 Å². The fourth-order valence-corrected chi connectivity index (χ4v) is 3.10. The van der Waals surface area contributed by atoms with Gasteiger partial charge in [-0.2, -0.15) is 0 Å². The van der Waals surface area contributed by atoms with Gasteiger partial charge in [0.1, 0.15) is 18.0 Å². The fourth-order valence-electron chi connectivity index (χ4n) is 3.10. The summed E-state index contributed by atoms with van der Waals surface area (Å²) in [5.41, 5.74) is 1.19. The lowest BCUT2D eigenvalue weighted by Crippen LogP contribution is -2.22. The zero-order valence-corrected chi connectivity index (χ0v) is 12.4. The summed E-state index contributed by atoms with van der Waals surface area (Å²) in [5.74, 6) is 3.61. The standard InChI is InChI=1S/C15H26N4/c1-4-13-14(16-3)18-10-19-15(13)17-9-12-7-5-6-11(2)8-12/h10-12H,4-9H2,1-3H3,(H2,16,17,18,19). The quantitative estimate of drug-likeness (QED) is 0.854. The van der Waals surface area contributed by atoms with Gasteiger partial charge in [-0.25, -0.2) is 9.97 Å². The first-order valence-electron chi connectivity index (χ1n) is 7.50. The summed E-state index contributed by atoms with van der Waals surface area (Å²) in [4.78, 5) is 8.67. The van der Waals surface area contributed by atoms with Crippen LogP contribution >= 0.6 is 0 Å². The van der Waals surface area contributed by atoms with Crippen LogP contribution in [-0.4, -0.2) is 23.6 Å². The first-order chi connectivity index (χ1) is 9.24. The number of rotatable bonds is 5. The highest BCUT2D eigenvalue weighted by atomic mass is 15.1. The molecule has 106 valence electrons. The molecule has 2 atom stereocenters. The van der Waals surface area contributed by atoms with Gasteiger partial charge in [-0.05, 0) is 31.1 Å². The van der Waals surface area contributed by atoms with Gasteiger partial charge in [0, 0.05) is 19.2 Å². The van der Waals surface area contributed by atoms with E-state index in [9.17, 15) is 0 Å². The highest BCUT2D eigenvalue weighted by Gasteiger charge is 2.19. The van der Waals surface area contributed by atoms with Crippen molar-refractivity contribution in [1.82, 2.24) is 9.97 Å². The van der Waals surface area contributed by atoms with Gasteiger partial charge in [-0.15, -0.1) is 0 Å². The Morgan fingerprint density at radius 2 is 2.05 bits per heavy atom. The van der Waals surface area contributed by atoms with Gasteiger partial charge in [0.15, 0.2) is 0 Å². The molecule has 1 saturated carbocycles. The van der Waals surface area contributed by atoms with Gasteiger partial charge < -0.3 is 10.6 Å². The monoisotopic (exact) mass is 262 g/mol. The molecule has 2 N–H and O–H groups in total. The third-order valence-electron chi connectivity index (χ3n) is 4.14. The number of anilines is 2. The molecule has 1 aromatic rings. The minimum Gasteiger partial charge on any atom is -0.373 e. The third-order valence-corrected chi connectivity index (χ3v) is 4.14. The normalized spacial score (nSPS) is 23.1. The number of aromatic nitrogens is 2. The maximum absolute atomic E-state index is 4.40. The van der Waals surface area contributed by atoms with Crippen LogP contribution in [0.3, 0.4) is 0 Å². The molecule has 4 nitrogen and oxygen atoms in total. The van der Waals surface area contributed by atoms with Crippen LogP contribution in [-0.2, 0) is 6.42 Å². The summed E-state index contributed by atoms with van der Waals surface area (Å²) in [6.07, 6.45) is 8.05. The summed E-state index contributed by atoms with van der Waals surface area (Å²) >= 11 is 0. The maximum atomic E-state index is 4.40. The van der Waals surface area contributed by atoms with Gasteiger partial charge in [0.25, 0.3) is 0 Å². The van der Waals surface area contributed by atoms with Crippen LogP contribution in [0.4, 0.5) is 11.6 Å². The average Bonchev–Trinajstić information content (AvgIpc) is 2.44. The molecule has 2 rings (SSSR count). The Labute approximate surface area is 116 Å². The van der Waals surface area contributed by atoms with E-state index in [2.05, 4.69) is 34.4 Å². The average molecular weight is 262 g/mol. The van der Waals surface area contributed by atoms with Crippen LogP contribution in [0.15, 0.2) is 6.33 Å². The Hall–Kier alpha value is -1.32. The highest BCUT2D eigenvalue weighted by Crippen LogP contribution is 2.29. The van der Waals surface area contributed by atoms with E-state index in [4.69, 9.17) is 0 Å². The Bertz CT molecular complexity index is 405. The summed E-state index contributed by atoms with van der Waals surface area (Å²) in [6.45, 7) is 5.55. The molecule has 1 aliphatic carbocycles. The van der Waals surface area contributed by atoms with E-state index in [1.807, 2.05) is 7.05 Å². The zero-order valence-electron chi connectivity index (χ0n) is 12.4. The van der Waals surface area contributed by atoms with E-state index in [0.29, 0.717) is 0 Å². The summed E-state index contributed by atoms with van der Waals surface area (Å²) in [7, 11) is 1.91. The van der Waals surface area contributed by atoms with E-state index in [0.717, 1.165) is 36.4 Å². The predicted molar refractivity (Wildman–Crippen MR) is 80.6 cm³/mol. The van der Waals surface area contributed by atoms with E-state index < -0.39 is 0 Å². The van der Waals surface area contributed by atoms with Crippen molar-refractivity contribution in [3.05, 3.63) is 11.9 Å². The van der Waals surface area contributed by atoms with E-state index >= 15 is 0 Å². The summed E-state index contributed by atoms with van der Waals surface area (Å²) < 4.78 is 0. The van der Waals surface area contributed by atoms with Gasteiger partial charge in [0.2, 0.25) is 0 Å². The molecule has 0 aromatic carbocycles. The SMILES string of the molecule is CCc1c(NC)ncnc1NCC1CCCC(C)C1. The van der Waals surface area contributed by atoms with Gasteiger partial charge >= 0.3 is 0 Å². The van der Waals surface area contributed by atoms with Crippen LogP contribution in [0.1, 0.15) is 45.1 Å². The lowest BCUT2D eigenvalue weighted by Gasteiger charge is -2.27. The molecule has 0 radical (unpaired) electrons. The van der Waals surface area contributed by atoms with Crippen molar-refractivity contribution >= 4 is 11.6 Å². The Kier molecular flexibility index (Phi) is 5.00. The smallest absolute Gasteiger partial charge is 0.134 e. The maximum Gasteiger partial charge on any atom is 0.134 e. The van der Waals surface area contributed by atoms with Crippen LogP contribution in [0, 0.1) is 11.8 Å². The predicted octanol–water partition coefficient (Wildman–Crippen LogP) is 3.32. The summed E-state index contributed by atoms with van der Waals surface area (Å²) in [5, 5.41) is 6.68. The van der Waals surface area contributed by atoms with Gasteiger partial charge in [0.05, 0.1) is 0 Å². The van der Waals surface area contributed by atoms with Gasteiger partial charge in [-0.1, -0.05) is 26.7 Å². The summed E-state index contributed by atoms with van der Waals surface area (Å²) in [6, 6.07) is 0. The molecule has 1 fully saturated rings. The molecule has 4 heteroatoms. The molecule has 0 saturated heterocycles. The Morgan fingerprint density at radius 1 is 1.26 bits per heavy atom. The molecule has 0 aliphatic heterocycles. The Balaban J connectivity index is 1.99. The largest absolute Gasteiger partial charge is 0.373 e. The van der Waals surface area contributed by atoms with E-state index in [1.54, 1.807) is 6.33 Å². The molecule has 1 aromatic heterocycles. The zero-order chi connectivity index (χ0) is 13.7. The lowest BCUT2D eigenvalue weighted by molar-refractivity contribution is 0.293. The van der Waals surface area contributed by atoms with Crippen LogP contribution in [0.2, 0.25) is 0 Å². The number of hydrogen-bond donors (Lipinski definition) is 2. The first kappa shape index (κ1) is 14.1. The molecule has 19 heavy (non-hydrogen) atoms. The molecule has 0 spiro atoms. The second-order valence-electron chi connectivity index (χ2n) is 5.67. The second kappa shape index (κ2) is 6.73. The van der Waals surface area contributed by atoms with Gasteiger partial charge in [-0.3, -0.25) is 0 Å². The van der Waals surface area contributed by atoms with Crippen molar-refractivity contribution in [1.29, 1.82) is 0 Å². The van der Waals surface area contributed by atoms with Crippen molar-refractivity contribution in [2.24, 2.45) is 11.8 Å². The molecule has 0 amide bonds. The van der Waals surface area contributed by atoms with Crippen LogP contribution < -0.4 is 10.6 Å². The van der Waals surface area contributed by atoms with Crippen molar-refractivity contribution in [2.75, 3.05) is 24.2 Å². The third kappa shape index (κ3) is 3.58. The van der Waals surface area contributed by atoms with Crippen molar-refractivity contribution in [3.63, 3.8) is 0 Å². The minimum absolute atomic E-state index is 0.793.